The molecule has 1 atom stereocenters. The minimum atomic E-state index is -1.26. The summed E-state index contributed by atoms with van der Waals surface area (Å²) in [7, 11) is 1.54. The van der Waals surface area contributed by atoms with E-state index >= 15 is 0 Å². The monoisotopic (exact) mass is 390 g/mol. The number of ether oxygens (including phenoxy) is 1. The van der Waals surface area contributed by atoms with E-state index in [-0.39, 0.29) is 18.2 Å². The molecule has 2 heterocycles. The summed E-state index contributed by atoms with van der Waals surface area (Å²) in [6.07, 6.45) is 0.0226. The minimum Gasteiger partial charge on any atom is -0.495 e. The number of aryl methyl sites for hydroxylation is 2. The highest BCUT2D eigenvalue weighted by Gasteiger charge is 2.60. The van der Waals surface area contributed by atoms with Gasteiger partial charge in [-0.2, -0.15) is 0 Å². The number of furan rings is 1. The molecule has 1 fully saturated rings. The second kappa shape index (κ2) is 7.13. The zero-order valence-electron chi connectivity index (χ0n) is 16.6. The number of para-hydroxylation sites is 2. The van der Waals surface area contributed by atoms with Crippen LogP contribution in [-0.4, -0.2) is 18.9 Å². The summed E-state index contributed by atoms with van der Waals surface area (Å²) < 4.78 is 11.2. The van der Waals surface area contributed by atoms with Crippen molar-refractivity contribution in [1.29, 1.82) is 0 Å². The molecule has 0 unspecified atom stereocenters. The lowest BCUT2D eigenvalue weighted by Gasteiger charge is -2.49. The Kier molecular flexibility index (Phi) is 4.62. The van der Waals surface area contributed by atoms with Crippen LogP contribution in [0.4, 0.5) is 11.4 Å². The average Bonchev–Trinajstić information content (AvgIpc) is 3.14. The Morgan fingerprint density at radius 2 is 1.79 bits per heavy atom. The third-order valence-corrected chi connectivity index (χ3v) is 5.21. The van der Waals surface area contributed by atoms with E-state index in [1.165, 1.54) is 4.90 Å². The fourth-order valence-corrected chi connectivity index (χ4v) is 3.68. The molecular formula is C23H22N2O4. The fraction of sp³-hybridized carbons (Fsp3) is 0.217. The number of hydrogen-bond donors (Lipinski definition) is 1. The lowest BCUT2D eigenvalue weighted by molar-refractivity contribution is -0.138. The van der Waals surface area contributed by atoms with Crippen LogP contribution in [0.2, 0.25) is 0 Å². The molecule has 6 nitrogen and oxygen atoms in total. The van der Waals surface area contributed by atoms with Gasteiger partial charge in [-0.1, -0.05) is 29.8 Å². The number of carbonyl (C=O) groups is 2. The Hall–Kier alpha value is -3.54. The fourth-order valence-electron chi connectivity index (χ4n) is 3.68. The first kappa shape index (κ1) is 18.8. The van der Waals surface area contributed by atoms with E-state index in [1.807, 2.05) is 50.2 Å². The van der Waals surface area contributed by atoms with Gasteiger partial charge in [0.1, 0.15) is 17.3 Å². The number of amides is 2. The predicted octanol–water partition coefficient (Wildman–Crippen LogP) is 4.18. The Morgan fingerprint density at radius 1 is 1.07 bits per heavy atom. The topological polar surface area (TPSA) is 71.8 Å². The maximum absolute atomic E-state index is 13.6. The van der Waals surface area contributed by atoms with Crippen molar-refractivity contribution in [1.82, 2.24) is 0 Å². The lowest BCUT2D eigenvalue weighted by Crippen LogP contribution is -2.67. The Balaban J connectivity index is 1.78. The first-order valence-electron chi connectivity index (χ1n) is 9.37. The van der Waals surface area contributed by atoms with Crippen LogP contribution in [0, 0.1) is 13.8 Å². The first-order chi connectivity index (χ1) is 14.0. The van der Waals surface area contributed by atoms with Gasteiger partial charge in [0, 0.05) is 5.69 Å². The number of anilines is 2. The molecular weight excluding hydrogens is 368 g/mol. The van der Waals surface area contributed by atoms with E-state index in [2.05, 4.69) is 5.32 Å². The van der Waals surface area contributed by atoms with Crippen molar-refractivity contribution in [2.75, 3.05) is 17.3 Å². The van der Waals surface area contributed by atoms with Crippen molar-refractivity contribution in [3.63, 3.8) is 0 Å². The molecule has 2 amide bonds. The lowest BCUT2D eigenvalue weighted by atomic mass is 9.79. The quantitative estimate of drug-likeness (QED) is 0.664. The Morgan fingerprint density at radius 3 is 2.41 bits per heavy atom. The van der Waals surface area contributed by atoms with Gasteiger partial charge in [-0.15, -0.1) is 0 Å². The van der Waals surface area contributed by atoms with Crippen molar-refractivity contribution in [2.24, 2.45) is 0 Å². The van der Waals surface area contributed by atoms with Gasteiger partial charge in [-0.3, -0.25) is 14.5 Å². The zero-order chi connectivity index (χ0) is 20.6. The summed E-state index contributed by atoms with van der Waals surface area (Å²) in [5.41, 5.74) is 0.989. The van der Waals surface area contributed by atoms with E-state index in [4.69, 9.17) is 9.15 Å². The van der Waals surface area contributed by atoms with Gasteiger partial charge >= 0.3 is 0 Å². The molecule has 148 valence electrons. The van der Waals surface area contributed by atoms with Crippen LogP contribution in [-0.2, 0) is 15.1 Å². The minimum absolute atomic E-state index is 0.0226. The summed E-state index contributed by atoms with van der Waals surface area (Å²) in [5, 5.41) is 2.93. The molecule has 0 saturated carbocycles. The summed E-state index contributed by atoms with van der Waals surface area (Å²) in [5.74, 6) is 1.16. The van der Waals surface area contributed by atoms with Gasteiger partial charge in [0.25, 0.3) is 5.91 Å². The average molecular weight is 390 g/mol. The normalized spacial score (nSPS) is 18.3. The molecule has 0 spiro atoms. The number of nitrogens with one attached hydrogen (secondary N) is 1. The van der Waals surface area contributed by atoms with Crippen molar-refractivity contribution >= 4 is 23.2 Å². The van der Waals surface area contributed by atoms with E-state index in [0.717, 1.165) is 5.56 Å². The van der Waals surface area contributed by atoms with Gasteiger partial charge in [0.2, 0.25) is 5.91 Å². The van der Waals surface area contributed by atoms with E-state index < -0.39 is 5.54 Å². The maximum Gasteiger partial charge on any atom is 0.259 e. The van der Waals surface area contributed by atoms with Gasteiger partial charge in [-0.25, -0.2) is 0 Å². The molecule has 29 heavy (non-hydrogen) atoms. The molecule has 1 saturated heterocycles. The molecule has 2 aromatic carbocycles. The number of methoxy groups -OCH3 is 1. The van der Waals surface area contributed by atoms with E-state index in [1.54, 1.807) is 31.4 Å². The number of β-lactam (4-membered cyclic amide) rings is 1. The smallest absolute Gasteiger partial charge is 0.259 e. The van der Waals surface area contributed by atoms with Crippen molar-refractivity contribution in [2.45, 2.75) is 25.8 Å². The maximum atomic E-state index is 13.6. The number of nitrogens with zero attached hydrogens (tertiary/aromatic N) is 1. The molecule has 0 radical (unpaired) electrons. The highest BCUT2D eigenvalue weighted by atomic mass is 16.5. The molecule has 4 rings (SSSR count). The van der Waals surface area contributed by atoms with E-state index in [0.29, 0.717) is 28.6 Å². The van der Waals surface area contributed by atoms with Crippen LogP contribution in [0.25, 0.3) is 0 Å². The predicted molar refractivity (Wildman–Crippen MR) is 110 cm³/mol. The molecule has 0 aliphatic carbocycles. The highest BCUT2D eigenvalue weighted by Crippen LogP contribution is 2.46. The van der Waals surface area contributed by atoms with Crippen LogP contribution in [0.5, 0.6) is 5.75 Å². The summed E-state index contributed by atoms with van der Waals surface area (Å²) in [6, 6.07) is 18.2. The highest BCUT2D eigenvalue weighted by molar-refractivity contribution is 6.16. The van der Waals surface area contributed by atoms with Gasteiger partial charge in [-0.05, 0) is 50.2 Å². The van der Waals surface area contributed by atoms with Crippen LogP contribution >= 0.6 is 0 Å². The van der Waals surface area contributed by atoms with Crippen molar-refractivity contribution in [3.05, 3.63) is 77.7 Å². The van der Waals surface area contributed by atoms with Gasteiger partial charge < -0.3 is 14.5 Å². The number of hydrogen-bond acceptors (Lipinski definition) is 4. The van der Waals surface area contributed by atoms with Crippen LogP contribution in [0.1, 0.15) is 23.5 Å². The zero-order valence-corrected chi connectivity index (χ0v) is 16.6. The Labute approximate surface area is 169 Å². The molecule has 1 N–H and O–H groups in total. The van der Waals surface area contributed by atoms with E-state index in [9.17, 15) is 9.59 Å². The molecule has 1 aromatic heterocycles. The molecule has 1 aliphatic rings. The van der Waals surface area contributed by atoms with Gasteiger partial charge in [0.05, 0.1) is 19.2 Å². The van der Waals surface area contributed by atoms with Gasteiger partial charge in [0.15, 0.2) is 5.54 Å². The van der Waals surface area contributed by atoms with Crippen molar-refractivity contribution in [3.8, 4) is 5.75 Å². The van der Waals surface area contributed by atoms with Crippen LogP contribution in [0.3, 0.4) is 0 Å². The second-order valence-corrected chi connectivity index (χ2v) is 7.17. The summed E-state index contributed by atoms with van der Waals surface area (Å²) in [6.45, 7) is 3.78. The van der Waals surface area contributed by atoms with Crippen LogP contribution < -0.4 is 15.0 Å². The summed E-state index contributed by atoms with van der Waals surface area (Å²) in [4.78, 5) is 27.8. The molecule has 1 aliphatic heterocycles. The largest absolute Gasteiger partial charge is 0.495 e. The Bertz CT molecular complexity index is 1070. The third kappa shape index (κ3) is 3.06. The molecule has 3 aromatic rings. The second-order valence-electron chi connectivity index (χ2n) is 7.17. The number of benzene rings is 2. The standard InChI is InChI=1S/C23H22N2O4/c1-15-8-11-17(12-9-15)25-21(26)14-23(25,20-13-10-16(2)29-20)22(27)24-18-6-4-5-7-19(18)28-3/h4-13H,14H2,1-3H3,(H,24,27)/t23-/m1/s1. The first-order valence-corrected chi connectivity index (χ1v) is 9.37. The number of rotatable bonds is 5. The third-order valence-electron chi connectivity index (χ3n) is 5.21. The van der Waals surface area contributed by atoms with Crippen LogP contribution in [0.15, 0.2) is 65.1 Å². The molecule has 6 heteroatoms. The van der Waals surface area contributed by atoms with Crippen molar-refractivity contribution < 1.29 is 18.7 Å². The number of carbonyl (C=O) groups excluding carboxylic acids is 2. The molecule has 0 bridgehead atoms. The SMILES string of the molecule is COc1ccccc1NC(=O)[C@]1(c2ccc(C)o2)CC(=O)N1c1ccc(C)cc1. The summed E-state index contributed by atoms with van der Waals surface area (Å²) >= 11 is 0.